The molecule has 4 aliphatic rings. The summed E-state index contributed by atoms with van der Waals surface area (Å²) in [5.41, 5.74) is 3.05. The van der Waals surface area contributed by atoms with Gasteiger partial charge in [0.05, 0.1) is 30.3 Å². The minimum absolute atomic E-state index is 0.0948. The van der Waals surface area contributed by atoms with Crippen molar-refractivity contribution in [2.75, 3.05) is 69.6 Å². The van der Waals surface area contributed by atoms with E-state index in [-0.39, 0.29) is 36.0 Å². The fraction of sp³-hybridized carbons (Fsp3) is 0.615. The van der Waals surface area contributed by atoms with E-state index in [1.807, 2.05) is 26.0 Å². The zero-order valence-corrected chi connectivity index (χ0v) is 30.2. The predicted octanol–water partition coefficient (Wildman–Crippen LogP) is 6.39. The monoisotopic (exact) mass is 707 g/mol. The number of hydrogen-bond acceptors (Lipinski definition) is 10. The summed E-state index contributed by atoms with van der Waals surface area (Å²) in [5.74, 6) is 0.780. The third-order valence-corrected chi connectivity index (χ3v) is 11.3. The van der Waals surface area contributed by atoms with E-state index in [2.05, 4.69) is 14.7 Å². The van der Waals surface area contributed by atoms with Crippen LogP contribution >= 0.6 is 0 Å². The van der Waals surface area contributed by atoms with Gasteiger partial charge in [-0.1, -0.05) is 25.8 Å². The molecule has 0 aliphatic carbocycles. The van der Waals surface area contributed by atoms with Gasteiger partial charge < -0.3 is 28.7 Å². The summed E-state index contributed by atoms with van der Waals surface area (Å²) in [6, 6.07) is 7.49. The maximum absolute atomic E-state index is 15.3. The number of rotatable bonds is 11. The third-order valence-electron chi connectivity index (χ3n) is 11.3. The summed E-state index contributed by atoms with van der Waals surface area (Å²) in [4.78, 5) is 29.9. The molecule has 1 aromatic heterocycles. The van der Waals surface area contributed by atoms with Gasteiger partial charge in [-0.15, -0.1) is 0 Å². The van der Waals surface area contributed by atoms with Crippen molar-refractivity contribution in [2.45, 2.75) is 89.9 Å². The van der Waals surface area contributed by atoms with E-state index in [1.165, 1.54) is 6.07 Å². The highest BCUT2D eigenvalue weighted by atomic mass is 19.1. The van der Waals surface area contributed by atoms with Crippen LogP contribution in [0, 0.1) is 11.7 Å². The van der Waals surface area contributed by atoms with Crippen molar-refractivity contribution >= 4 is 28.2 Å². The Kier molecular flexibility index (Phi) is 10.8. The number of aromatic nitrogens is 2. The van der Waals surface area contributed by atoms with E-state index < -0.39 is 6.17 Å². The molecule has 0 radical (unpaired) electrons. The predicted molar refractivity (Wildman–Crippen MR) is 192 cm³/mol. The van der Waals surface area contributed by atoms with Crippen molar-refractivity contribution in [3.8, 4) is 11.8 Å². The Hall–Kier alpha value is -3.77. The van der Waals surface area contributed by atoms with Gasteiger partial charge in [0.2, 0.25) is 0 Å². The number of alkyl halides is 1. The normalized spacial score (nSPS) is 23.9. The number of ether oxygens (including phenoxy) is 4. The first-order valence-corrected chi connectivity index (χ1v) is 18.8. The number of esters is 1. The van der Waals surface area contributed by atoms with E-state index in [0.717, 1.165) is 85.1 Å². The first kappa shape index (κ1) is 35.6. The van der Waals surface area contributed by atoms with Crippen LogP contribution in [0.1, 0.15) is 75.6 Å². The number of hydrogen-bond donors (Lipinski definition) is 0. The van der Waals surface area contributed by atoms with Crippen LogP contribution in [0.5, 0.6) is 11.8 Å². The lowest BCUT2D eigenvalue weighted by atomic mass is 9.95. The number of nitrogens with zero attached hydrogens (tertiary/aromatic N) is 5. The second-order valence-electron chi connectivity index (χ2n) is 14.5. The first-order chi connectivity index (χ1) is 24.8. The number of carbonyl (C=O) groups excluding carboxylic acids is 1. The van der Waals surface area contributed by atoms with Gasteiger partial charge in [0.25, 0.3) is 0 Å². The minimum atomic E-state index is -0.861. The van der Waals surface area contributed by atoms with Crippen LogP contribution in [0.3, 0.4) is 0 Å². The second kappa shape index (κ2) is 15.5. The topological polar surface area (TPSA) is 89.5 Å². The molecule has 0 spiro atoms. The zero-order valence-electron chi connectivity index (χ0n) is 30.2. The smallest absolute Gasteiger partial charge is 0.318 e. The van der Waals surface area contributed by atoms with Crippen molar-refractivity contribution < 1.29 is 32.5 Å². The molecular formula is C39H51F2N5O5. The lowest BCUT2D eigenvalue weighted by Crippen LogP contribution is -2.44. The van der Waals surface area contributed by atoms with Gasteiger partial charge in [-0.2, -0.15) is 9.97 Å². The summed E-state index contributed by atoms with van der Waals surface area (Å²) >= 11 is 0. The quantitative estimate of drug-likeness (QED) is 0.165. The minimum Gasteiger partial charge on any atom is -0.467 e. The first-order valence-electron chi connectivity index (χ1n) is 18.8. The molecule has 3 saturated heterocycles. The number of halogens is 2. The van der Waals surface area contributed by atoms with Crippen molar-refractivity contribution in [1.82, 2.24) is 14.9 Å². The van der Waals surface area contributed by atoms with Gasteiger partial charge in [0.1, 0.15) is 30.2 Å². The molecule has 4 aliphatic heterocycles. The Morgan fingerprint density at radius 1 is 1.02 bits per heavy atom. The lowest BCUT2D eigenvalue weighted by molar-refractivity contribution is -0.148. The Labute approximate surface area is 299 Å². The van der Waals surface area contributed by atoms with Crippen molar-refractivity contribution in [2.24, 2.45) is 5.92 Å². The summed E-state index contributed by atoms with van der Waals surface area (Å²) in [6.45, 7) is 8.26. The molecule has 51 heavy (non-hydrogen) atoms. The molecule has 0 N–H and O–H groups in total. The van der Waals surface area contributed by atoms with Gasteiger partial charge in [0, 0.05) is 62.4 Å². The molecule has 2 aromatic carbocycles. The zero-order chi connectivity index (χ0) is 35.5. The van der Waals surface area contributed by atoms with Crippen LogP contribution in [0.15, 0.2) is 24.3 Å². The standard InChI is InChI=1S/C39H51F2N5O5/c1-4-30-32(41)12-11-26-18-29(51-25-48-3)19-34(35(26)30)44-17-13-31-33(23-44)42-38(50-24-39-14-9-16-46(39)22-28(40)20-39)43-36(31)45-15-8-6-7-10-27(21-45)37(47)49-5-2/h11-12,18-19,27-28H,4-10,13-17,20-25H2,1-3H3/t27?,28-,39+/m1/s1. The average Bonchev–Trinajstić information content (AvgIpc) is 3.64. The van der Waals surface area contributed by atoms with Crippen LogP contribution < -0.4 is 19.3 Å². The van der Waals surface area contributed by atoms with Crippen LogP contribution in [0.2, 0.25) is 0 Å². The molecule has 3 aromatic rings. The molecule has 0 bridgehead atoms. The van der Waals surface area contributed by atoms with E-state index in [0.29, 0.717) is 70.0 Å². The van der Waals surface area contributed by atoms with Crippen molar-refractivity contribution in [3.05, 3.63) is 46.9 Å². The molecule has 276 valence electrons. The van der Waals surface area contributed by atoms with E-state index >= 15 is 4.39 Å². The van der Waals surface area contributed by atoms with Crippen LogP contribution in [0.25, 0.3) is 10.8 Å². The van der Waals surface area contributed by atoms with E-state index in [1.54, 1.807) is 13.2 Å². The van der Waals surface area contributed by atoms with Crippen molar-refractivity contribution in [3.63, 3.8) is 0 Å². The van der Waals surface area contributed by atoms with Gasteiger partial charge in [-0.3, -0.25) is 9.69 Å². The molecule has 1 unspecified atom stereocenters. The van der Waals surface area contributed by atoms with E-state index in [9.17, 15) is 9.18 Å². The van der Waals surface area contributed by atoms with Crippen LogP contribution in [0.4, 0.5) is 20.3 Å². The molecular weight excluding hydrogens is 656 g/mol. The lowest BCUT2D eigenvalue weighted by Gasteiger charge is -2.36. The summed E-state index contributed by atoms with van der Waals surface area (Å²) in [5, 5.41) is 1.75. The fourth-order valence-corrected chi connectivity index (χ4v) is 8.80. The van der Waals surface area contributed by atoms with E-state index in [4.69, 9.17) is 28.9 Å². The molecule has 10 nitrogen and oxygen atoms in total. The van der Waals surface area contributed by atoms with Gasteiger partial charge in [-0.25, -0.2) is 8.78 Å². The molecule has 0 saturated carbocycles. The van der Waals surface area contributed by atoms with Crippen LogP contribution in [-0.2, 0) is 33.7 Å². The average molecular weight is 708 g/mol. The maximum Gasteiger partial charge on any atom is 0.318 e. The Balaban J connectivity index is 1.27. The largest absolute Gasteiger partial charge is 0.467 e. The molecule has 12 heteroatoms. The van der Waals surface area contributed by atoms with Gasteiger partial charge in [0.15, 0.2) is 6.79 Å². The number of aryl methyl sites for hydroxylation is 1. The van der Waals surface area contributed by atoms with Gasteiger partial charge in [-0.05, 0) is 75.1 Å². The number of methoxy groups -OCH3 is 1. The molecule has 3 fully saturated rings. The molecule has 5 heterocycles. The Bertz CT molecular complexity index is 1730. The molecule has 3 atom stereocenters. The van der Waals surface area contributed by atoms with Crippen molar-refractivity contribution in [1.29, 1.82) is 0 Å². The third kappa shape index (κ3) is 7.31. The summed E-state index contributed by atoms with van der Waals surface area (Å²) in [6.07, 6.45) is 6.44. The highest BCUT2D eigenvalue weighted by Gasteiger charge is 2.49. The van der Waals surface area contributed by atoms with Gasteiger partial charge >= 0.3 is 12.0 Å². The maximum atomic E-state index is 15.3. The molecule has 0 amide bonds. The Morgan fingerprint density at radius 3 is 2.73 bits per heavy atom. The highest BCUT2D eigenvalue weighted by Crippen LogP contribution is 2.42. The second-order valence-corrected chi connectivity index (χ2v) is 14.5. The summed E-state index contributed by atoms with van der Waals surface area (Å²) in [7, 11) is 1.58. The number of anilines is 2. The number of fused-ring (bicyclic) bond motifs is 3. The highest BCUT2D eigenvalue weighted by molar-refractivity contribution is 5.98. The summed E-state index contributed by atoms with van der Waals surface area (Å²) < 4.78 is 53.0. The fourth-order valence-electron chi connectivity index (χ4n) is 8.80. The number of carbonyl (C=O) groups is 1. The number of benzene rings is 2. The SMILES string of the molecule is CCOC(=O)C1CCCCCN(c2nc(OC[C@@]34CCCN3C[C@H](F)C4)nc3c2CCN(c2cc(OCOC)cc4ccc(F)c(CC)c24)C3)C1. The molecule has 7 rings (SSSR count). The van der Waals surface area contributed by atoms with Crippen LogP contribution in [-0.4, -0.2) is 92.4 Å². The Morgan fingerprint density at radius 2 is 1.90 bits per heavy atom.